The van der Waals surface area contributed by atoms with Crippen molar-refractivity contribution in [3.63, 3.8) is 0 Å². The zero-order valence-electron chi connectivity index (χ0n) is 11.4. The van der Waals surface area contributed by atoms with E-state index in [9.17, 15) is 0 Å². The number of ether oxygens (including phenoxy) is 1. The lowest BCUT2D eigenvalue weighted by atomic mass is 9.97. The first-order valence-corrected chi connectivity index (χ1v) is 6.57. The highest BCUT2D eigenvalue weighted by Gasteiger charge is 2.30. The molecule has 1 N–H and O–H groups in total. The Morgan fingerprint density at radius 2 is 2.12 bits per heavy atom. The number of piperazine rings is 1. The van der Waals surface area contributed by atoms with Crippen molar-refractivity contribution in [2.45, 2.75) is 51.6 Å². The average molecular weight is 228 g/mol. The quantitative estimate of drug-likeness (QED) is 0.703. The number of hydrogen-bond acceptors (Lipinski definition) is 3. The van der Waals surface area contributed by atoms with Crippen LogP contribution in [0, 0.1) is 0 Å². The van der Waals surface area contributed by atoms with Crippen LogP contribution in [-0.2, 0) is 4.74 Å². The summed E-state index contributed by atoms with van der Waals surface area (Å²) in [6.07, 6.45) is 3.67. The van der Waals surface area contributed by atoms with E-state index in [-0.39, 0.29) is 5.54 Å². The Hall–Kier alpha value is -0.120. The van der Waals surface area contributed by atoms with Crippen molar-refractivity contribution < 1.29 is 4.74 Å². The zero-order valence-corrected chi connectivity index (χ0v) is 11.4. The predicted molar refractivity (Wildman–Crippen MR) is 68.8 cm³/mol. The largest absolute Gasteiger partial charge is 0.385 e. The number of unbranched alkanes of at least 4 members (excludes halogenated alkanes) is 1. The second-order valence-electron chi connectivity index (χ2n) is 5.50. The molecule has 16 heavy (non-hydrogen) atoms. The van der Waals surface area contributed by atoms with Gasteiger partial charge in [-0.05, 0) is 39.7 Å². The van der Waals surface area contributed by atoms with Gasteiger partial charge in [0.25, 0.3) is 0 Å². The summed E-state index contributed by atoms with van der Waals surface area (Å²) >= 11 is 0. The molecule has 0 saturated carbocycles. The average Bonchev–Trinajstić information content (AvgIpc) is 2.24. The van der Waals surface area contributed by atoms with E-state index in [1.807, 2.05) is 0 Å². The fourth-order valence-corrected chi connectivity index (χ4v) is 2.44. The smallest absolute Gasteiger partial charge is 0.0462 e. The minimum Gasteiger partial charge on any atom is -0.385 e. The number of rotatable bonds is 6. The van der Waals surface area contributed by atoms with Crippen molar-refractivity contribution in [2.75, 3.05) is 33.4 Å². The molecule has 1 saturated heterocycles. The van der Waals surface area contributed by atoms with Gasteiger partial charge in [0.05, 0.1) is 0 Å². The van der Waals surface area contributed by atoms with Gasteiger partial charge in [-0.25, -0.2) is 0 Å². The van der Waals surface area contributed by atoms with Crippen LogP contribution in [0.1, 0.15) is 40.0 Å². The second kappa shape index (κ2) is 6.58. The molecule has 0 radical (unpaired) electrons. The van der Waals surface area contributed by atoms with E-state index in [1.54, 1.807) is 7.11 Å². The molecular weight excluding hydrogens is 200 g/mol. The minimum atomic E-state index is 0.271. The maximum absolute atomic E-state index is 5.09. The molecular formula is C13H28N2O. The molecule has 1 unspecified atom stereocenters. The van der Waals surface area contributed by atoms with Gasteiger partial charge in [0, 0.05) is 38.4 Å². The number of hydrogen-bond donors (Lipinski definition) is 1. The molecule has 1 rings (SSSR count). The van der Waals surface area contributed by atoms with E-state index in [4.69, 9.17) is 4.74 Å². The first-order chi connectivity index (χ1) is 7.59. The van der Waals surface area contributed by atoms with Crippen molar-refractivity contribution in [3.8, 4) is 0 Å². The SMILES string of the molecule is CCC1CNC(C)(C)CN1CCCCOC. The number of nitrogens with one attached hydrogen (secondary N) is 1. The van der Waals surface area contributed by atoms with Crippen molar-refractivity contribution in [1.82, 2.24) is 10.2 Å². The van der Waals surface area contributed by atoms with Crippen LogP contribution >= 0.6 is 0 Å². The molecule has 0 bridgehead atoms. The van der Waals surface area contributed by atoms with Crippen LogP contribution in [0.3, 0.4) is 0 Å². The van der Waals surface area contributed by atoms with Gasteiger partial charge in [0.15, 0.2) is 0 Å². The van der Waals surface area contributed by atoms with Gasteiger partial charge in [-0.3, -0.25) is 4.90 Å². The molecule has 1 aliphatic heterocycles. The molecule has 0 aromatic rings. The van der Waals surface area contributed by atoms with Gasteiger partial charge in [-0.1, -0.05) is 6.92 Å². The molecule has 1 aliphatic rings. The van der Waals surface area contributed by atoms with Crippen molar-refractivity contribution in [3.05, 3.63) is 0 Å². The maximum atomic E-state index is 5.09. The highest BCUT2D eigenvalue weighted by atomic mass is 16.5. The zero-order chi connectivity index (χ0) is 12.0. The van der Waals surface area contributed by atoms with Gasteiger partial charge in [-0.2, -0.15) is 0 Å². The maximum Gasteiger partial charge on any atom is 0.0462 e. The molecule has 3 heteroatoms. The van der Waals surface area contributed by atoms with Gasteiger partial charge < -0.3 is 10.1 Å². The fourth-order valence-electron chi connectivity index (χ4n) is 2.44. The van der Waals surface area contributed by atoms with Crippen LogP contribution < -0.4 is 5.32 Å². The summed E-state index contributed by atoms with van der Waals surface area (Å²) in [6, 6.07) is 0.718. The summed E-state index contributed by atoms with van der Waals surface area (Å²) in [5.74, 6) is 0. The van der Waals surface area contributed by atoms with Gasteiger partial charge in [-0.15, -0.1) is 0 Å². The van der Waals surface area contributed by atoms with Crippen LogP contribution in [0.5, 0.6) is 0 Å². The van der Waals surface area contributed by atoms with Gasteiger partial charge in [0.2, 0.25) is 0 Å². The molecule has 0 aromatic heterocycles. The fraction of sp³-hybridized carbons (Fsp3) is 1.00. The molecule has 96 valence electrons. The van der Waals surface area contributed by atoms with E-state index in [0.717, 1.165) is 19.2 Å². The molecule has 1 atom stereocenters. The summed E-state index contributed by atoms with van der Waals surface area (Å²) < 4.78 is 5.09. The third-order valence-electron chi connectivity index (χ3n) is 3.45. The first kappa shape index (κ1) is 13.9. The highest BCUT2D eigenvalue weighted by Crippen LogP contribution is 2.17. The Balaban J connectivity index is 2.34. The first-order valence-electron chi connectivity index (χ1n) is 6.57. The molecule has 0 amide bonds. The lowest BCUT2D eigenvalue weighted by Gasteiger charge is -2.44. The molecule has 1 fully saturated rings. The van der Waals surface area contributed by atoms with Gasteiger partial charge >= 0.3 is 0 Å². The van der Waals surface area contributed by atoms with Crippen LogP contribution in [0.4, 0.5) is 0 Å². The Morgan fingerprint density at radius 1 is 1.38 bits per heavy atom. The van der Waals surface area contributed by atoms with Crippen LogP contribution in [-0.4, -0.2) is 49.8 Å². The topological polar surface area (TPSA) is 24.5 Å². The number of methoxy groups -OCH3 is 1. The van der Waals surface area contributed by atoms with E-state index in [2.05, 4.69) is 31.0 Å². The lowest BCUT2D eigenvalue weighted by molar-refractivity contribution is 0.0877. The van der Waals surface area contributed by atoms with E-state index in [0.29, 0.717) is 0 Å². The molecule has 1 heterocycles. The standard InChI is InChI=1S/C13H28N2O/c1-5-12-10-14-13(2,3)11-15(12)8-6-7-9-16-4/h12,14H,5-11H2,1-4H3. The second-order valence-corrected chi connectivity index (χ2v) is 5.50. The summed E-state index contributed by atoms with van der Waals surface area (Å²) in [5, 5.41) is 3.62. The molecule has 0 aliphatic carbocycles. The van der Waals surface area contributed by atoms with Crippen LogP contribution in [0.2, 0.25) is 0 Å². The van der Waals surface area contributed by atoms with Crippen molar-refractivity contribution in [1.29, 1.82) is 0 Å². The summed E-state index contributed by atoms with van der Waals surface area (Å²) in [7, 11) is 1.78. The third-order valence-corrected chi connectivity index (χ3v) is 3.45. The predicted octanol–water partition coefficient (Wildman–Crippen LogP) is 1.88. The summed E-state index contributed by atoms with van der Waals surface area (Å²) in [5.41, 5.74) is 0.271. The Morgan fingerprint density at radius 3 is 2.75 bits per heavy atom. The monoisotopic (exact) mass is 228 g/mol. The molecule has 0 spiro atoms. The molecule has 3 nitrogen and oxygen atoms in total. The highest BCUT2D eigenvalue weighted by molar-refractivity contribution is 4.91. The van der Waals surface area contributed by atoms with E-state index < -0.39 is 0 Å². The molecule has 0 aromatic carbocycles. The summed E-state index contributed by atoms with van der Waals surface area (Å²) in [6.45, 7) is 11.3. The third kappa shape index (κ3) is 4.40. The number of nitrogens with zero attached hydrogens (tertiary/aromatic N) is 1. The van der Waals surface area contributed by atoms with E-state index in [1.165, 1.54) is 32.4 Å². The van der Waals surface area contributed by atoms with Crippen molar-refractivity contribution >= 4 is 0 Å². The summed E-state index contributed by atoms with van der Waals surface area (Å²) in [4.78, 5) is 2.64. The Bertz CT molecular complexity index is 194. The Labute approximate surface area is 101 Å². The van der Waals surface area contributed by atoms with E-state index >= 15 is 0 Å². The van der Waals surface area contributed by atoms with Crippen LogP contribution in [0.25, 0.3) is 0 Å². The normalized spacial score (nSPS) is 25.9. The lowest BCUT2D eigenvalue weighted by Crippen LogP contribution is -2.61. The minimum absolute atomic E-state index is 0.271. The Kier molecular flexibility index (Phi) is 5.73. The van der Waals surface area contributed by atoms with Gasteiger partial charge in [0.1, 0.15) is 0 Å². The van der Waals surface area contributed by atoms with Crippen molar-refractivity contribution in [2.24, 2.45) is 0 Å². The van der Waals surface area contributed by atoms with Crippen LogP contribution in [0.15, 0.2) is 0 Å².